The zero-order valence-electron chi connectivity index (χ0n) is 20.5. The van der Waals surface area contributed by atoms with E-state index in [4.69, 9.17) is 9.73 Å². The number of methoxy groups -OCH3 is 1. The molecule has 0 aromatic heterocycles. The molecule has 6 heteroatoms. The number of anilines is 1. The molecule has 2 saturated carbocycles. The van der Waals surface area contributed by atoms with Gasteiger partial charge >= 0.3 is 0 Å². The Balaban J connectivity index is 1.64. The first kappa shape index (κ1) is 24.2. The summed E-state index contributed by atoms with van der Waals surface area (Å²) in [4.78, 5) is 23.9. The van der Waals surface area contributed by atoms with Gasteiger partial charge in [-0.3, -0.25) is 14.7 Å². The number of nitrogens with zero attached hydrogens (tertiary/aromatic N) is 3. The van der Waals surface area contributed by atoms with E-state index < -0.39 is 0 Å². The van der Waals surface area contributed by atoms with Crippen LogP contribution >= 0.6 is 11.8 Å². The molecule has 0 bridgehead atoms. The number of aliphatic imine (C=N–C) groups is 1. The number of rotatable bonds is 7. The Morgan fingerprint density at radius 3 is 2.36 bits per heavy atom. The number of hydrogen-bond donors (Lipinski definition) is 0. The summed E-state index contributed by atoms with van der Waals surface area (Å²) < 4.78 is 5.73. The van der Waals surface area contributed by atoms with E-state index in [1.807, 2.05) is 11.0 Å². The van der Waals surface area contributed by atoms with Crippen molar-refractivity contribution in [2.45, 2.75) is 90.1 Å². The van der Waals surface area contributed by atoms with Gasteiger partial charge in [0.25, 0.3) is 5.91 Å². The van der Waals surface area contributed by atoms with Crippen LogP contribution in [0.1, 0.15) is 83.6 Å². The maximum Gasteiger partial charge on any atom is 0.267 e. The zero-order chi connectivity index (χ0) is 23.2. The smallest absolute Gasteiger partial charge is 0.267 e. The van der Waals surface area contributed by atoms with Crippen LogP contribution in [-0.4, -0.2) is 48.3 Å². The molecule has 3 fully saturated rings. The van der Waals surface area contributed by atoms with E-state index in [9.17, 15) is 4.79 Å². The highest BCUT2D eigenvalue weighted by molar-refractivity contribution is 8.18. The number of amidine groups is 1. The Bertz CT molecular complexity index is 881. The van der Waals surface area contributed by atoms with Gasteiger partial charge in [0.05, 0.1) is 18.1 Å². The fraction of sp³-hybridized carbons (Fsp3) is 0.630. The van der Waals surface area contributed by atoms with E-state index in [2.05, 4.69) is 36.9 Å². The summed E-state index contributed by atoms with van der Waals surface area (Å²) in [5.41, 5.74) is 2.10. The van der Waals surface area contributed by atoms with Crippen LogP contribution in [0.3, 0.4) is 0 Å². The Morgan fingerprint density at radius 1 is 1.06 bits per heavy atom. The Kier molecular flexibility index (Phi) is 8.39. The number of thioether (sulfide) groups is 1. The lowest BCUT2D eigenvalue weighted by Crippen LogP contribution is -2.41. The van der Waals surface area contributed by atoms with Crippen molar-refractivity contribution in [3.8, 4) is 5.75 Å². The highest BCUT2D eigenvalue weighted by atomic mass is 32.2. The average Bonchev–Trinajstić information content (AvgIpc) is 3.16. The molecule has 0 atom stereocenters. The summed E-state index contributed by atoms with van der Waals surface area (Å²) >= 11 is 1.57. The minimum absolute atomic E-state index is 0.122. The molecule has 1 amide bonds. The first-order valence-electron chi connectivity index (χ1n) is 12.9. The van der Waals surface area contributed by atoms with Gasteiger partial charge in [-0.25, -0.2) is 0 Å². The van der Waals surface area contributed by atoms with E-state index in [1.54, 1.807) is 18.9 Å². The Labute approximate surface area is 203 Å². The second kappa shape index (κ2) is 11.5. The molecular weight excluding hydrogens is 430 g/mol. The van der Waals surface area contributed by atoms with Crippen molar-refractivity contribution in [1.29, 1.82) is 0 Å². The van der Waals surface area contributed by atoms with Crippen molar-refractivity contribution in [1.82, 2.24) is 4.90 Å². The van der Waals surface area contributed by atoms with Gasteiger partial charge < -0.3 is 9.64 Å². The zero-order valence-corrected chi connectivity index (χ0v) is 21.3. The highest BCUT2D eigenvalue weighted by Crippen LogP contribution is 2.39. The second-order valence-electron chi connectivity index (χ2n) is 9.38. The quantitative estimate of drug-likeness (QED) is 0.429. The number of carbonyl (C=O) groups is 1. The van der Waals surface area contributed by atoms with Gasteiger partial charge in [-0.05, 0) is 69.5 Å². The Hall–Kier alpha value is -1.95. The minimum atomic E-state index is 0.122. The lowest BCUT2D eigenvalue weighted by Gasteiger charge is -2.31. The van der Waals surface area contributed by atoms with Gasteiger partial charge in [-0.2, -0.15) is 0 Å². The molecule has 3 aliphatic rings. The first-order valence-corrected chi connectivity index (χ1v) is 13.7. The first-order chi connectivity index (χ1) is 16.1. The molecule has 0 spiro atoms. The van der Waals surface area contributed by atoms with Crippen LogP contribution < -0.4 is 9.64 Å². The molecule has 0 N–H and O–H groups in total. The van der Waals surface area contributed by atoms with Gasteiger partial charge in [0.1, 0.15) is 5.75 Å². The van der Waals surface area contributed by atoms with Gasteiger partial charge in [0.15, 0.2) is 5.17 Å². The van der Waals surface area contributed by atoms with Crippen LogP contribution in [0.25, 0.3) is 6.08 Å². The van der Waals surface area contributed by atoms with Crippen molar-refractivity contribution in [2.24, 2.45) is 4.99 Å². The van der Waals surface area contributed by atoms with Crippen molar-refractivity contribution >= 4 is 34.6 Å². The molecule has 1 saturated heterocycles. The van der Waals surface area contributed by atoms with Crippen molar-refractivity contribution < 1.29 is 9.53 Å². The average molecular weight is 470 g/mol. The van der Waals surface area contributed by atoms with Crippen LogP contribution in [0.15, 0.2) is 28.1 Å². The van der Waals surface area contributed by atoms with Gasteiger partial charge in [0, 0.05) is 36.4 Å². The molecule has 33 heavy (non-hydrogen) atoms. The largest absolute Gasteiger partial charge is 0.496 e. The van der Waals surface area contributed by atoms with Crippen LogP contribution in [0.2, 0.25) is 0 Å². The molecule has 5 nitrogen and oxygen atoms in total. The van der Waals surface area contributed by atoms with Gasteiger partial charge in [-0.1, -0.05) is 38.5 Å². The van der Waals surface area contributed by atoms with E-state index in [0.29, 0.717) is 12.1 Å². The molecule has 1 aliphatic heterocycles. The number of ether oxygens (including phenoxy) is 1. The molecule has 1 aromatic rings. The molecule has 180 valence electrons. The van der Waals surface area contributed by atoms with Crippen molar-refractivity contribution in [2.75, 3.05) is 25.1 Å². The molecule has 1 heterocycles. The summed E-state index contributed by atoms with van der Waals surface area (Å²) in [6, 6.07) is 6.94. The van der Waals surface area contributed by atoms with E-state index in [1.165, 1.54) is 38.5 Å². The standard InChI is InChI=1S/C27H39N3O2S/c1-4-29(5-2)23-17-16-20(24(19-23)32-3)18-25-26(31)30(22-14-10-7-11-15-22)27(33-25)28-21-12-8-6-9-13-21/h16-19,21-22H,4-15H2,1-3H3. The summed E-state index contributed by atoms with van der Waals surface area (Å²) in [6.07, 6.45) is 14.0. The van der Waals surface area contributed by atoms with E-state index >= 15 is 0 Å². The maximum atomic E-state index is 13.6. The van der Waals surface area contributed by atoms with Crippen LogP contribution in [-0.2, 0) is 4.79 Å². The fourth-order valence-corrected chi connectivity index (χ4v) is 6.45. The third-order valence-corrected chi connectivity index (χ3v) is 8.27. The van der Waals surface area contributed by atoms with Gasteiger partial charge in [0.2, 0.25) is 0 Å². The maximum absolute atomic E-state index is 13.6. The van der Waals surface area contributed by atoms with Crippen molar-refractivity contribution in [3.63, 3.8) is 0 Å². The van der Waals surface area contributed by atoms with E-state index in [0.717, 1.165) is 65.8 Å². The fourth-order valence-electron chi connectivity index (χ4n) is 5.35. The molecule has 0 radical (unpaired) electrons. The number of carbonyl (C=O) groups excluding carboxylic acids is 1. The number of amides is 1. The van der Waals surface area contributed by atoms with E-state index in [-0.39, 0.29) is 5.91 Å². The number of hydrogen-bond acceptors (Lipinski definition) is 5. The summed E-state index contributed by atoms with van der Waals surface area (Å²) in [7, 11) is 1.71. The highest BCUT2D eigenvalue weighted by Gasteiger charge is 2.39. The summed E-state index contributed by atoms with van der Waals surface area (Å²) in [5, 5.41) is 0.934. The minimum Gasteiger partial charge on any atom is -0.496 e. The predicted molar refractivity (Wildman–Crippen MR) is 140 cm³/mol. The number of benzene rings is 1. The molecule has 0 unspecified atom stereocenters. The predicted octanol–water partition coefficient (Wildman–Crippen LogP) is 6.48. The normalized spacial score (nSPS) is 23.0. The summed E-state index contributed by atoms with van der Waals surface area (Å²) in [6.45, 7) is 6.22. The van der Waals surface area contributed by atoms with Crippen LogP contribution in [0.5, 0.6) is 5.75 Å². The van der Waals surface area contributed by atoms with Gasteiger partial charge in [-0.15, -0.1) is 0 Å². The summed E-state index contributed by atoms with van der Waals surface area (Å²) in [5.74, 6) is 0.929. The third kappa shape index (κ3) is 5.59. The lowest BCUT2D eigenvalue weighted by molar-refractivity contribution is -0.124. The topological polar surface area (TPSA) is 45.1 Å². The molecular formula is C27H39N3O2S. The van der Waals surface area contributed by atoms with Crippen LogP contribution in [0.4, 0.5) is 5.69 Å². The van der Waals surface area contributed by atoms with Crippen molar-refractivity contribution in [3.05, 3.63) is 28.7 Å². The molecule has 4 rings (SSSR count). The van der Waals surface area contributed by atoms with Crippen LogP contribution in [0, 0.1) is 0 Å². The monoisotopic (exact) mass is 469 g/mol. The second-order valence-corrected chi connectivity index (χ2v) is 10.4. The SMILES string of the molecule is CCN(CC)c1ccc(C=C2SC(=NC3CCCCC3)N(C3CCCCC3)C2=O)c(OC)c1. The lowest BCUT2D eigenvalue weighted by atomic mass is 9.94. The molecule has 1 aromatic carbocycles. The third-order valence-electron chi connectivity index (χ3n) is 7.28. The molecule has 2 aliphatic carbocycles. The Morgan fingerprint density at radius 2 is 1.73 bits per heavy atom.